The van der Waals surface area contributed by atoms with Gasteiger partial charge in [-0.15, -0.1) is 0 Å². The van der Waals surface area contributed by atoms with Gasteiger partial charge in [-0.05, 0) is 30.3 Å². The molecule has 0 spiro atoms. The maximum Gasteiger partial charge on any atom is 0.248 e. The molecule has 0 aliphatic carbocycles. The molecule has 1 aromatic heterocycles. The van der Waals surface area contributed by atoms with E-state index in [0.29, 0.717) is 28.2 Å². The van der Waals surface area contributed by atoms with E-state index in [1.165, 1.54) is 32.6 Å². The van der Waals surface area contributed by atoms with Gasteiger partial charge in [0.15, 0.2) is 5.43 Å². The third-order valence-corrected chi connectivity index (χ3v) is 3.79. The topological polar surface area (TPSA) is 77.8 Å². The van der Waals surface area contributed by atoms with Crippen LogP contribution in [0.25, 0.3) is 17.0 Å². The normalized spacial score (nSPS) is 10.8. The molecule has 0 saturated carbocycles. The zero-order valence-electron chi connectivity index (χ0n) is 14.3. The summed E-state index contributed by atoms with van der Waals surface area (Å²) in [6.07, 6.45) is 4.01. The second-order valence-electron chi connectivity index (χ2n) is 5.41. The Morgan fingerprint density at radius 1 is 1.12 bits per heavy atom. The van der Waals surface area contributed by atoms with Gasteiger partial charge in [-0.25, -0.2) is 0 Å². The zero-order valence-corrected chi connectivity index (χ0v) is 14.3. The summed E-state index contributed by atoms with van der Waals surface area (Å²) in [5.74, 6) is 0.761. The fourth-order valence-corrected chi connectivity index (χ4v) is 2.45. The predicted molar refractivity (Wildman–Crippen MR) is 99.7 cm³/mol. The lowest BCUT2D eigenvalue weighted by Gasteiger charge is -2.07. The summed E-state index contributed by atoms with van der Waals surface area (Å²) in [5, 5.41) is 3.12. The molecule has 0 fully saturated rings. The number of anilines is 1. The molecular weight excluding hydrogens is 334 g/mol. The van der Waals surface area contributed by atoms with Crippen LogP contribution < -0.4 is 20.2 Å². The van der Waals surface area contributed by atoms with Crippen LogP contribution >= 0.6 is 0 Å². The molecule has 26 heavy (non-hydrogen) atoms. The van der Waals surface area contributed by atoms with Gasteiger partial charge in [-0.2, -0.15) is 0 Å². The molecule has 1 heterocycles. The van der Waals surface area contributed by atoms with E-state index in [1.54, 1.807) is 42.5 Å². The van der Waals surface area contributed by atoms with Crippen molar-refractivity contribution in [3.05, 3.63) is 70.6 Å². The van der Waals surface area contributed by atoms with Gasteiger partial charge in [0.1, 0.15) is 23.3 Å². The molecule has 132 valence electrons. The summed E-state index contributed by atoms with van der Waals surface area (Å²) in [6, 6.07) is 12.0. The van der Waals surface area contributed by atoms with E-state index >= 15 is 0 Å². The Hall–Kier alpha value is -3.54. The molecule has 3 aromatic rings. The predicted octanol–water partition coefficient (Wildman–Crippen LogP) is 3.46. The first-order valence-corrected chi connectivity index (χ1v) is 7.84. The van der Waals surface area contributed by atoms with Crippen LogP contribution in [-0.2, 0) is 4.79 Å². The molecule has 6 heteroatoms. The van der Waals surface area contributed by atoms with E-state index in [-0.39, 0.29) is 16.9 Å². The van der Waals surface area contributed by atoms with Gasteiger partial charge in [-0.3, -0.25) is 9.59 Å². The quantitative estimate of drug-likeness (QED) is 0.712. The van der Waals surface area contributed by atoms with Gasteiger partial charge in [0, 0.05) is 12.1 Å². The van der Waals surface area contributed by atoms with Crippen molar-refractivity contribution in [1.82, 2.24) is 0 Å². The van der Waals surface area contributed by atoms with Crippen molar-refractivity contribution in [3.8, 4) is 11.5 Å². The van der Waals surface area contributed by atoms with E-state index in [2.05, 4.69) is 5.32 Å². The molecule has 0 saturated heterocycles. The number of hydrogen-bond acceptors (Lipinski definition) is 5. The molecule has 0 bridgehead atoms. The Bertz CT molecular complexity index is 1040. The number of ether oxygens (including phenoxy) is 2. The molecule has 1 N–H and O–H groups in total. The van der Waals surface area contributed by atoms with Crippen LogP contribution in [0, 0.1) is 0 Å². The summed E-state index contributed by atoms with van der Waals surface area (Å²) >= 11 is 0. The number of para-hydroxylation sites is 2. The lowest BCUT2D eigenvalue weighted by molar-refractivity contribution is -0.111. The van der Waals surface area contributed by atoms with Crippen LogP contribution in [0.3, 0.4) is 0 Å². The Labute approximate surface area is 149 Å². The average molecular weight is 351 g/mol. The maximum atomic E-state index is 12.5. The first-order chi connectivity index (χ1) is 12.6. The van der Waals surface area contributed by atoms with E-state index in [9.17, 15) is 9.59 Å². The molecule has 3 rings (SSSR count). The smallest absolute Gasteiger partial charge is 0.248 e. The fourth-order valence-electron chi connectivity index (χ4n) is 2.45. The number of amides is 1. The highest BCUT2D eigenvalue weighted by atomic mass is 16.5. The summed E-state index contributed by atoms with van der Waals surface area (Å²) < 4.78 is 15.8. The molecule has 0 radical (unpaired) electrons. The average Bonchev–Trinajstić information content (AvgIpc) is 2.67. The monoisotopic (exact) mass is 351 g/mol. The maximum absolute atomic E-state index is 12.5. The Kier molecular flexibility index (Phi) is 5.03. The highest BCUT2D eigenvalue weighted by Gasteiger charge is 2.08. The Balaban J connectivity index is 1.83. The van der Waals surface area contributed by atoms with Crippen molar-refractivity contribution < 1.29 is 18.7 Å². The number of nitrogens with one attached hydrogen (secondary N) is 1. The molecule has 6 nitrogen and oxygen atoms in total. The van der Waals surface area contributed by atoms with Gasteiger partial charge in [0.2, 0.25) is 5.91 Å². The highest BCUT2D eigenvalue weighted by Crippen LogP contribution is 2.23. The van der Waals surface area contributed by atoms with Crippen molar-refractivity contribution >= 4 is 28.6 Å². The van der Waals surface area contributed by atoms with Gasteiger partial charge < -0.3 is 19.2 Å². The van der Waals surface area contributed by atoms with E-state index in [4.69, 9.17) is 13.9 Å². The van der Waals surface area contributed by atoms with Gasteiger partial charge in [0.25, 0.3) is 0 Å². The van der Waals surface area contributed by atoms with E-state index in [1.807, 2.05) is 0 Å². The summed E-state index contributed by atoms with van der Waals surface area (Å²) in [7, 11) is 3.06. The molecule has 2 aromatic carbocycles. The number of fused-ring (bicyclic) bond motifs is 1. The second-order valence-corrected chi connectivity index (χ2v) is 5.41. The van der Waals surface area contributed by atoms with Crippen molar-refractivity contribution in [2.24, 2.45) is 0 Å². The van der Waals surface area contributed by atoms with Crippen molar-refractivity contribution in [2.75, 3.05) is 19.5 Å². The highest BCUT2D eigenvalue weighted by molar-refractivity contribution is 6.02. The van der Waals surface area contributed by atoms with Crippen molar-refractivity contribution in [1.29, 1.82) is 0 Å². The summed E-state index contributed by atoms with van der Waals surface area (Å²) in [4.78, 5) is 24.6. The van der Waals surface area contributed by atoms with Crippen LogP contribution in [-0.4, -0.2) is 20.1 Å². The third-order valence-electron chi connectivity index (χ3n) is 3.79. The number of carbonyl (C=O) groups is 1. The number of methoxy groups -OCH3 is 2. The van der Waals surface area contributed by atoms with Crippen molar-refractivity contribution in [2.45, 2.75) is 0 Å². The van der Waals surface area contributed by atoms with Gasteiger partial charge in [0.05, 0.1) is 30.9 Å². The van der Waals surface area contributed by atoms with E-state index in [0.717, 1.165) is 0 Å². The van der Waals surface area contributed by atoms with E-state index < -0.39 is 0 Å². The first-order valence-electron chi connectivity index (χ1n) is 7.84. The van der Waals surface area contributed by atoms with Crippen LogP contribution in [0.15, 0.2) is 64.0 Å². The lowest BCUT2D eigenvalue weighted by atomic mass is 10.1. The second kappa shape index (κ2) is 7.57. The standard InChI is InChI=1S/C20H17NO5/c1-24-14-8-9-15-18(11-14)26-12-13(20(15)23)7-10-19(22)21-16-5-3-4-6-17(16)25-2/h3-12H,1-2H3,(H,21,22)/b10-7+. The number of hydrogen-bond donors (Lipinski definition) is 1. The SMILES string of the molecule is COc1ccc2c(=O)c(/C=C/C(=O)Nc3ccccc3OC)coc2c1. The van der Waals surface area contributed by atoms with Gasteiger partial charge in [-0.1, -0.05) is 12.1 Å². The molecule has 0 unspecified atom stereocenters. The largest absolute Gasteiger partial charge is 0.497 e. The Morgan fingerprint density at radius 2 is 1.92 bits per heavy atom. The molecule has 0 aliphatic heterocycles. The molecule has 1 amide bonds. The summed E-state index contributed by atoms with van der Waals surface area (Å²) in [5.41, 5.74) is 1.01. The number of benzene rings is 2. The third kappa shape index (κ3) is 3.59. The minimum Gasteiger partial charge on any atom is -0.497 e. The first kappa shape index (κ1) is 17.3. The number of rotatable bonds is 5. The Morgan fingerprint density at radius 3 is 2.69 bits per heavy atom. The zero-order chi connectivity index (χ0) is 18.5. The lowest BCUT2D eigenvalue weighted by Crippen LogP contribution is -2.10. The molecule has 0 atom stereocenters. The fraction of sp³-hybridized carbons (Fsp3) is 0.100. The molecule has 0 aliphatic rings. The minimum atomic E-state index is -0.385. The van der Waals surface area contributed by atoms with Crippen LogP contribution in [0.2, 0.25) is 0 Å². The van der Waals surface area contributed by atoms with Crippen molar-refractivity contribution in [3.63, 3.8) is 0 Å². The van der Waals surface area contributed by atoms with Crippen LogP contribution in [0.4, 0.5) is 5.69 Å². The van der Waals surface area contributed by atoms with Crippen LogP contribution in [0.1, 0.15) is 5.56 Å². The summed E-state index contributed by atoms with van der Waals surface area (Å²) in [6.45, 7) is 0. The van der Waals surface area contributed by atoms with Gasteiger partial charge >= 0.3 is 0 Å². The van der Waals surface area contributed by atoms with Crippen LogP contribution in [0.5, 0.6) is 11.5 Å². The molecular formula is C20H17NO5. The number of carbonyl (C=O) groups excluding carboxylic acids is 1. The minimum absolute atomic E-state index is 0.227.